The van der Waals surface area contributed by atoms with Crippen LogP contribution in [0.1, 0.15) is 19.4 Å². The highest BCUT2D eigenvalue weighted by molar-refractivity contribution is 9.10. The highest BCUT2D eigenvalue weighted by atomic mass is 79.9. The van der Waals surface area contributed by atoms with Gasteiger partial charge in [-0.25, -0.2) is 0 Å². The lowest BCUT2D eigenvalue weighted by molar-refractivity contribution is 0.0955. The first-order valence-corrected chi connectivity index (χ1v) is 7.21. The number of thiophene rings is 2. The number of carbonyl (C=O) groups excluding carboxylic acids is 1. The topological polar surface area (TPSA) is 29.1 Å². The number of nitrogens with one attached hydrogen (secondary N) is 1. The van der Waals surface area contributed by atoms with Gasteiger partial charge in [-0.15, -0.1) is 22.7 Å². The number of aryl methyl sites for hydroxylation is 1. The third kappa shape index (κ3) is 2.93. The van der Waals surface area contributed by atoms with E-state index in [2.05, 4.69) is 21.2 Å². The van der Waals surface area contributed by atoms with Crippen LogP contribution in [0.4, 0.5) is 0 Å². The van der Waals surface area contributed by atoms with Crippen molar-refractivity contribution in [2.24, 2.45) is 0 Å². The van der Waals surface area contributed by atoms with E-state index in [1.165, 1.54) is 11.3 Å². The van der Waals surface area contributed by atoms with E-state index in [0.29, 0.717) is 6.54 Å². The summed E-state index contributed by atoms with van der Waals surface area (Å²) >= 11 is 6.54. The molecular formula is C11H10BrNOS2. The molecule has 0 aliphatic heterocycles. The van der Waals surface area contributed by atoms with Gasteiger partial charge in [0.05, 0.1) is 11.4 Å². The molecule has 84 valence electrons. The Kier molecular flexibility index (Phi) is 3.78. The van der Waals surface area contributed by atoms with Crippen LogP contribution < -0.4 is 5.32 Å². The molecular weight excluding hydrogens is 306 g/mol. The normalized spacial score (nSPS) is 10.4. The van der Waals surface area contributed by atoms with Crippen molar-refractivity contribution in [1.29, 1.82) is 0 Å². The second-order valence-corrected chi connectivity index (χ2v) is 6.52. The number of hydrogen-bond donors (Lipinski definition) is 1. The van der Waals surface area contributed by atoms with Crippen LogP contribution in [0.3, 0.4) is 0 Å². The Bertz CT molecular complexity index is 504. The molecule has 0 radical (unpaired) electrons. The molecule has 2 aromatic heterocycles. The van der Waals surface area contributed by atoms with E-state index in [4.69, 9.17) is 0 Å². The predicted molar refractivity (Wildman–Crippen MR) is 72.2 cm³/mol. The van der Waals surface area contributed by atoms with Gasteiger partial charge in [0.1, 0.15) is 0 Å². The average molecular weight is 316 g/mol. The first-order valence-electron chi connectivity index (χ1n) is 4.72. The summed E-state index contributed by atoms with van der Waals surface area (Å²) in [5, 5.41) is 4.91. The summed E-state index contributed by atoms with van der Waals surface area (Å²) < 4.78 is 1.06. The Hall–Kier alpha value is -0.650. The Morgan fingerprint density at radius 2 is 2.31 bits per heavy atom. The van der Waals surface area contributed by atoms with Crippen molar-refractivity contribution < 1.29 is 4.79 Å². The molecule has 1 N–H and O–H groups in total. The molecule has 2 nitrogen and oxygen atoms in total. The van der Waals surface area contributed by atoms with Crippen LogP contribution in [-0.4, -0.2) is 5.91 Å². The standard InChI is InChI=1S/C11H10BrNOS2/c1-7-2-3-10(16-7)11(14)13-5-9-4-8(12)6-15-9/h2-4,6H,5H2,1H3,(H,13,14). The zero-order valence-electron chi connectivity index (χ0n) is 8.62. The molecule has 0 saturated carbocycles. The molecule has 16 heavy (non-hydrogen) atoms. The lowest BCUT2D eigenvalue weighted by Gasteiger charge is -2.00. The Morgan fingerprint density at radius 1 is 1.50 bits per heavy atom. The second-order valence-electron chi connectivity index (χ2n) is 3.32. The summed E-state index contributed by atoms with van der Waals surface area (Å²) in [6, 6.07) is 5.84. The molecule has 0 unspecified atom stereocenters. The van der Waals surface area contributed by atoms with Crippen LogP contribution in [0.25, 0.3) is 0 Å². The van der Waals surface area contributed by atoms with Gasteiger partial charge in [0.2, 0.25) is 0 Å². The Balaban J connectivity index is 1.93. The molecule has 0 fully saturated rings. The van der Waals surface area contributed by atoms with Gasteiger partial charge in [0, 0.05) is 19.6 Å². The van der Waals surface area contributed by atoms with Gasteiger partial charge < -0.3 is 5.32 Å². The van der Waals surface area contributed by atoms with Gasteiger partial charge in [-0.3, -0.25) is 4.79 Å². The summed E-state index contributed by atoms with van der Waals surface area (Å²) in [6.07, 6.45) is 0. The number of carbonyl (C=O) groups is 1. The number of amides is 1. The van der Waals surface area contributed by atoms with Crippen molar-refractivity contribution in [3.63, 3.8) is 0 Å². The van der Waals surface area contributed by atoms with Crippen molar-refractivity contribution in [3.05, 3.63) is 42.7 Å². The molecule has 0 aliphatic rings. The van der Waals surface area contributed by atoms with Crippen molar-refractivity contribution in [3.8, 4) is 0 Å². The summed E-state index contributed by atoms with van der Waals surface area (Å²) in [5.41, 5.74) is 0. The molecule has 2 heterocycles. The molecule has 0 spiro atoms. The maximum absolute atomic E-state index is 11.7. The minimum atomic E-state index is 0.00243. The molecule has 0 atom stereocenters. The van der Waals surface area contributed by atoms with Gasteiger partial charge in [-0.2, -0.15) is 0 Å². The van der Waals surface area contributed by atoms with Gasteiger partial charge in [0.15, 0.2) is 0 Å². The molecule has 5 heteroatoms. The van der Waals surface area contributed by atoms with Crippen LogP contribution in [0.5, 0.6) is 0 Å². The molecule has 2 aromatic rings. The van der Waals surface area contributed by atoms with E-state index in [9.17, 15) is 4.79 Å². The summed E-state index contributed by atoms with van der Waals surface area (Å²) in [6.45, 7) is 2.59. The van der Waals surface area contributed by atoms with Crippen LogP contribution in [0, 0.1) is 6.92 Å². The van der Waals surface area contributed by atoms with E-state index < -0.39 is 0 Å². The SMILES string of the molecule is Cc1ccc(C(=O)NCc2cc(Br)cs2)s1. The molecule has 0 aromatic carbocycles. The molecule has 0 saturated heterocycles. The third-order valence-corrected chi connectivity index (χ3v) is 4.71. The smallest absolute Gasteiger partial charge is 0.261 e. The summed E-state index contributed by atoms with van der Waals surface area (Å²) in [7, 11) is 0. The van der Waals surface area contributed by atoms with Crippen molar-refractivity contribution in [2.45, 2.75) is 13.5 Å². The number of halogens is 1. The maximum atomic E-state index is 11.7. The lowest BCUT2D eigenvalue weighted by Crippen LogP contribution is -2.21. The first-order chi connectivity index (χ1) is 7.65. The molecule has 1 amide bonds. The fraction of sp³-hybridized carbons (Fsp3) is 0.182. The molecule has 0 aliphatic carbocycles. The van der Waals surface area contributed by atoms with E-state index in [0.717, 1.165) is 19.1 Å². The predicted octanol–water partition coefficient (Wildman–Crippen LogP) is 3.81. The second kappa shape index (κ2) is 5.12. The molecule has 2 rings (SSSR count). The van der Waals surface area contributed by atoms with E-state index in [1.54, 1.807) is 11.3 Å². The Labute approximate surface area is 110 Å². The van der Waals surface area contributed by atoms with Gasteiger partial charge in [-0.1, -0.05) is 0 Å². The maximum Gasteiger partial charge on any atom is 0.261 e. The van der Waals surface area contributed by atoms with Crippen molar-refractivity contribution in [1.82, 2.24) is 5.32 Å². The highest BCUT2D eigenvalue weighted by Gasteiger charge is 2.07. The van der Waals surface area contributed by atoms with Gasteiger partial charge in [-0.05, 0) is 41.1 Å². The monoisotopic (exact) mass is 315 g/mol. The van der Waals surface area contributed by atoms with Crippen molar-refractivity contribution >= 4 is 44.5 Å². The van der Waals surface area contributed by atoms with Gasteiger partial charge in [0.25, 0.3) is 5.91 Å². The first kappa shape index (κ1) is 11.8. The van der Waals surface area contributed by atoms with Crippen LogP contribution in [0.15, 0.2) is 28.1 Å². The largest absolute Gasteiger partial charge is 0.346 e. The lowest BCUT2D eigenvalue weighted by atomic mass is 10.4. The third-order valence-electron chi connectivity index (χ3n) is 2.01. The van der Waals surface area contributed by atoms with E-state index >= 15 is 0 Å². The zero-order chi connectivity index (χ0) is 11.5. The van der Waals surface area contributed by atoms with E-state index in [1.807, 2.05) is 30.5 Å². The van der Waals surface area contributed by atoms with Crippen LogP contribution in [0.2, 0.25) is 0 Å². The fourth-order valence-corrected chi connectivity index (χ4v) is 3.43. The van der Waals surface area contributed by atoms with E-state index in [-0.39, 0.29) is 5.91 Å². The zero-order valence-corrected chi connectivity index (χ0v) is 11.8. The highest BCUT2D eigenvalue weighted by Crippen LogP contribution is 2.20. The van der Waals surface area contributed by atoms with Gasteiger partial charge >= 0.3 is 0 Å². The molecule has 0 bridgehead atoms. The minimum Gasteiger partial charge on any atom is -0.346 e. The summed E-state index contributed by atoms with van der Waals surface area (Å²) in [5.74, 6) is 0.00243. The minimum absolute atomic E-state index is 0.00243. The van der Waals surface area contributed by atoms with Crippen molar-refractivity contribution in [2.75, 3.05) is 0 Å². The number of hydrogen-bond acceptors (Lipinski definition) is 3. The number of rotatable bonds is 3. The average Bonchev–Trinajstić information content (AvgIpc) is 2.84. The van der Waals surface area contributed by atoms with Crippen LogP contribution in [-0.2, 0) is 6.54 Å². The quantitative estimate of drug-likeness (QED) is 0.916. The van der Waals surface area contributed by atoms with Crippen LogP contribution >= 0.6 is 38.6 Å². The summed E-state index contributed by atoms with van der Waals surface area (Å²) in [4.78, 5) is 14.8. The Morgan fingerprint density at radius 3 is 2.88 bits per heavy atom. The fourth-order valence-electron chi connectivity index (χ4n) is 1.26.